The van der Waals surface area contributed by atoms with Crippen LogP contribution in [-0.4, -0.2) is 14.4 Å². The Hall–Kier alpha value is -3.95. The van der Waals surface area contributed by atoms with Gasteiger partial charge in [-0.1, -0.05) is 96.5 Å². The Balaban J connectivity index is 1.83. The van der Waals surface area contributed by atoms with Crippen LogP contribution in [0.2, 0.25) is 5.02 Å². The maximum Gasteiger partial charge on any atom is 0.149 e. The lowest BCUT2D eigenvalue weighted by molar-refractivity contribution is 1.13. The Bertz CT molecular complexity index is 1570. The van der Waals surface area contributed by atoms with Gasteiger partial charge in [0.15, 0.2) is 0 Å². The molecule has 2 heterocycles. The van der Waals surface area contributed by atoms with Gasteiger partial charge >= 0.3 is 0 Å². The Morgan fingerprint density at radius 1 is 0.594 bits per heavy atom. The van der Waals surface area contributed by atoms with Gasteiger partial charge in [0.1, 0.15) is 11.5 Å². The first-order valence-corrected chi connectivity index (χ1v) is 10.9. The lowest BCUT2D eigenvalue weighted by Crippen LogP contribution is -2.00. The number of nitrogens with zero attached hydrogens (tertiary/aromatic N) is 3. The Morgan fingerprint density at radius 3 is 2.00 bits per heavy atom. The highest BCUT2D eigenvalue weighted by Gasteiger charge is 2.21. The normalized spacial score (nSPS) is 11.3. The zero-order valence-corrected chi connectivity index (χ0v) is 17.9. The minimum Gasteiger partial charge on any atom is -0.275 e. The van der Waals surface area contributed by atoms with Crippen LogP contribution >= 0.6 is 11.6 Å². The molecule has 6 rings (SSSR count). The van der Waals surface area contributed by atoms with E-state index in [2.05, 4.69) is 46.9 Å². The van der Waals surface area contributed by atoms with Crippen molar-refractivity contribution in [3.05, 3.63) is 114 Å². The average Bonchev–Trinajstić information content (AvgIpc) is 3.26. The number of para-hydroxylation sites is 1. The lowest BCUT2D eigenvalue weighted by atomic mass is 10.0. The molecule has 0 saturated heterocycles. The molecule has 2 aromatic heterocycles. The van der Waals surface area contributed by atoms with Gasteiger partial charge in [-0.05, 0) is 24.3 Å². The third-order valence-corrected chi connectivity index (χ3v) is 5.87. The molecule has 0 aliphatic rings. The van der Waals surface area contributed by atoms with E-state index in [0.717, 1.165) is 50.5 Å². The Kier molecular flexibility index (Phi) is 4.48. The fraction of sp³-hybridized carbons (Fsp3) is 0. The number of benzene rings is 4. The van der Waals surface area contributed by atoms with Crippen LogP contribution in [0.15, 0.2) is 109 Å². The summed E-state index contributed by atoms with van der Waals surface area (Å²) < 4.78 is 2.17. The molecule has 152 valence electrons. The molecule has 0 spiro atoms. The second-order valence-electron chi connectivity index (χ2n) is 7.66. The van der Waals surface area contributed by atoms with Crippen LogP contribution in [0.1, 0.15) is 0 Å². The number of halogens is 1. The van der Waals surface area contributed by atoms with E-state index >= 15 is 0 Å². The summed E-state index contributed by atoms with van der Waals surface area (Å²) in [6.45, 7) is 0. The summed E-state index contributed by atoms with van der Waals surface area (Å²) in [4.78, 5) is 10.3. The molecule has 0 bridgehead atoms. The van der Waals surface area contributed by atoms with Crippen molar-refractivity contribution in [2.75, 3.05) is 0 Å². The van der Waals surface area contributed by atoms with E-state index in [-0.39, 0.29) is 0 Å². The van der Waals surface area contributed by atoms with Crippen molar-refractivity contribution in [1.82, 2.24) is 14.4 Å². The van der Waals surface area contributed by atoms with Gasteiger partial charge in [0, 0.05) is 27.1 Å². The molecule has 4 aromatic carbocycles. The first kappa shape index (κ1) is 18.8. The van der Waals surface area contributed by atoms with Crippen molar-refractivity contribution in [2.45, 2.75) is 0 Å². The molecule has 0 fully saturated rings. The van der Waals surface area contributed by atoms with Gasteiger partial charge in [0.2, 0.25) is 0 Å². The molecule has 0 unspecified atom stereocenters. The number of fused-ring (bicyclic) bond motifs is 3. The van der Waals surface area contributed by atoms with Gasteiger partial charge in [0.25, 0.3) is 0 Å². The SMILES string of the molecule is Clc1cccc(-c2nc3ccccc3c3nc(-c4ccccc4)c(-c4ccccc4)n23)c1. The van der Waals surface area contributed by atoms with Crippen LogP contribution in [0, 0.1) is 0 Å². The van der Waals surface area contributed by atoms with Crippen LogP contribution in [0.4, 0.5) is 0 Å². The summed E-state index contributed by atoms with van der Waals surface area (Å²) in [5.41, 5.74) is 6.82. The summed E-state index contributed by atoms with van der Waals surface area (Å²) in [7, 11) is 0. The lowest BCUT2D eigenvalue weighted by Gasteiger charge is -2.12. The summed E-state index contributed by atoms with van der Waals surface area (Å²) in [5, 5.41) is 1.69. The quantitative estimate of drug-likeness (QED) is 0.289. The average molecular weight is 432 g/mol. The van der Waals surface area contributed by atoms with Crippen LogP contribution in [0.3, 0.4) is 0 Å². The van der Waals surface area contributed by atoms with Crippen LogP contribution in [0.5, 0.6) is 0 Å². The van der Waals surface area contributed by atoms with E-state index < -0.39 is 0 Å². The molecule has 0 aliphatic heterocycles. The van der Waals surface area contributed by atoms with E-state index in [1.165, 1.54) is 0 Å². The maximum absolute atomic E-state index is 6.37. The first-order chi connectivity index (χ1) is 15.8. The topological polar surface area (TPSA) is 30.2 Å². The third-order valence-electron chi connectivity index (χ3n) is 5.64. The Labute approximate surface area is 190 Å². The van der Waals surface area contributed by atoms with E-state index in [1.807, 2.05) is 66.7 Å². The molecule has 0 amide bonds. The fourth-order valence-electron chi connectivity index (χ4n) is 4.21. The van der Waals surface area contributed by atoms with E-state index in [9.17, 15) is 0 Å². The molecule has 0 saturated carbocycles. The number of rotatable bonds is 3. The molecule has 6 aromatic rings. The molecule has 0 atom stereocenters. The fourth-order valence-corrected chi connectivity index (χ4v) is 4.40. The van der Waals surface area contributed by atoms with Crippen molar-refractivity contribution in [2.24, 2.45) is 0 Å². The van der Waals surface area contributed by atoms with E-state index in [4.69, 9.17) is 21.6 Å². The molecule has 32 heavy (non-hydrogen) atoms. The highest BCUT2D eigenvalue weighted by Crippen LogP contribution is 2.37. The summed E-state index contributed by atoms with van der Waals surface area (Å²) in [6.07, 6.45) is 0. The molecule has 0 N–H and O–H groups in total. The van der Waals surface area contributed by atoms with Gasteiger partial charge in [-0.15, -0.1) is 0 Å². The van der Waals surface area contributed by atoms with Crippen LogP contribution in [0.25, 0.3) is 50.5 Å². The second kappa shape index (κ2) is 7.63. The third kappa shape index (κ3) is 3.06. The first-order valence-electron chi connectivity index (χ1n) is 10.5. The minimum absolute atomic E-state index is 0.676. The predicted molar refractivity (Wildman–Crippen MR) is 132 cm³/mol. The number of hydrogen-bond donors (Lipinski definition) is 0. The molecular formula is C28H18ClN3. The zero-order chi connectivity index (χ0) is 21.5. The van der Waals surface area contributed by atoms with Gasteiger partial charge < -0.3 is 0 Å². The molecule has 3 nitrogen and oxygen atoms in total. The van der Waals surface area contributed by atoms with E-state index in [1.54, 1.807) is 0 Å². The van der Waals surface area contributed by atoms with Gasteiger partial charge in [0.05, 0.1) is 16.9 Å². The maximum atomic E-state index is 6.37. The minimum atomic E-state index is 0.676. The van der Waals surface area contributed by atoms with Crippen molar-refractivity contribution in [3.8, 4) is 33.9 Å². The van der Waals surface area contributed by atoms with E-state index in [0.29, 0.717) is 5.02 Å². The molecule has 4 heteroatoms. The van der Waals surface area contributed by atoms with Gasteiger partial charge in [-0.2, -0.15) is 0 Å². The van der Waals surface area contributed by atoms with Crippen LogP contribution < -0.4 is 0 Å². The smallest absolute Gasteiger partial charge is 0.149 e. The summed E-state index contributed by atoms with van der Waals surface area (Å²) >= 11 is 6.37. The highest BCUT2D eigenvalue weighted by molar-refractivity contribution is 6.30. The Morgan fingerprint density at radius 2 is 1.25 bits per heavy atom. The predicted octanol–water partition coefficient (Wildman–Crippen LogP) is 7.54. The van der Waals surface area contributed by atoms with Crippen molar-refractivity contribution < 1.29 is 0 Å². The van der Waals surface area contributed by atoms with Crippen LogP contribution in [-0.2, 0) is 0 Å². The molecule has 0 aliphatic carbocycles. The zero-order valence-electron chi connectivity index (χ0n) is 17.1. The van der Waals surface area contributed by atoms with Gasteiger partial charge in [-0.3, -0.25) is 4.40 Å². The monoisotopic (exact) mass is 431 g/mol. The standard InChI is InChI=1S/C28H18ClN3/c29-22-15-9-14-21(18-22)27-30-24-17-8-7-16-23(24)28-31-25(19-10-3-1-4-11-19)26(32(27)28)20-12-5-2-6-13-20/h1-18H. The molecular weight excluding hydrogens is 414 g/mol. The van der Waals surface area contributed by atoms with Gasteiger partial charge in [-0.25, -0.2) is 9.97 Å². The summed E-state index contributed by atoms with van der Waals surface area (Å²) in [5.74, 6) is 0.815. The summed E-state index contributed by atoms with van der Waals surface area (Å²) in [6, 6.07) is 36.7. The largest absolute Gasteiger partial charge is 0.275 e. The van der Waals surface area contributed by atoms with Crippen molar-refractivity contribution in [1.29, 1.82) is 0 Å². The number of hydrogen-bond acceptors (Lipinski definition) is 2. The van der Waals surface area contributed by atoms with Crippen molar-refractivity contribution >= 4 is 28.2 Å². The van der Waals surface area contributed by atoms with Crippen molar-refractivity contribution in [3.63, 3.8) is 0 Å². The molecule has 0 radical (unpaired) electrons. The second-order valence-corrected chi connectivity index (χ2v) is 8.10. The number of aromatic nitrogens is 3. The highest BCUT2D eigenvalue weighted by atomic mass is 35.5. The number of imidazole rings is 1.